The van der Waals surface area contributed by atoms with Crippen molar-refractivity contribution in [2.24, 2.45) is 0 Å². The standard InChI is InChI=1S/C32H30N2O5S2.ClH/c35-32(34-20-18-33(19-21-34)22-24-14-16-26(17-15-24)25-8-3-1-4-9-25)28-12-7-13-29-31(28)30(23-40(29,36)37)41(38,39)27-10-5-2-6-11-27;/h1-17,30H,18-23H2;1H. The maximum atomic E-state index is 13.7. The van der Waals surface area contributed by atoms with Gasteiger partial charge in [0.1, 0.15) is 5.25 Å². The number of fused-ring (bicyclic) bond motifs is 1. The minimum absolute atomic E-state index is 0. The number of carbonyl (C=O) groups excluding carboxylic acids is 1. The number of amides is 1. The van der Waals surface area contributed by atoms with E-state index >= 15 is 0 Å². The van der Waals surface area contributed by atoms with Gasteiger partial charge in [0.2, 0.25) is 0 Å². The summed E-state index contributed by atoms with van der Waals surface area (Å²) in [6.07, 6.45) is 0. The van der Waals surface area contributed by atoms with Crippen LogP contribution in [0.4, 0.5) is 0 Å². The number of piperazine rings is 1. The fourth-order valence-electron chi connectivity index (χ4n) is 5.70. The first-order valence-electron chi connectivity index (χ1n) is 13.5. The first-order valence-corrected chi connectivity index (χ1v) is 16.7. The fraction of sp³-hybridized carbons (Fsp3) is 0.219. The number of benzene rings is 4. The van der Waals surface area contributed by atoms with Crippen molar-refractivity contribution in [1.29, 1.82) is 0 Å². The molecule has 0 radical (unpaired) electrons. The number of nitrogens with zero attached hydrogens (tertiary/aromatic N) is 2. The summed E-state index contributed by atoms with van der Waals surface area (Å²) >= 11 is 0. The Morgan fingerprint density at radius 2 is 1.33 bits per heavy atom. The maximum Gasteiger partial charge on any atom is 0.254 e. The molecule has 0 aromatic heterocycles. The van der Waals surface area contributed by atoms with Gasteiger partial charge in [0.05, 0.1) is 15.5 Å². The molecule has 0 aliphatic carbocycles. The molecule has 10 heteroatoms. The average Bonchev–Trinajstić information content (AvgIpc) is 3.30. The zero-order chi connectivity index (χ0) is 28.6. The van der Waals surface area contributed by atoms with Gasteiger partial charge in [-0.1, -0.05) is 78.9 Å². The van der Waals surface area contributed by atoms with Crippen molar-refractivity contribution in [3.63, 3.8) is 0 Å². The largest absolute Gasteiger partial charge is 0.336 e. The quantitative estimate of drug-likeness (QED) is 0.299. The van der Waals surface area contributed by atoms with Crippen LogP contribution in [0.1, 0.15) is 26.7 Å². The van der Waals surface area contributed by atoms with Crippen LogP contribution in [0.2, 0.25) is 0 Å². The second kappa shape index (κ2) is 12.0. The van der Waals surface area contributed by atoms with Gasteiger partial charge in [0, 0.05) is 43.9 Å². The number of hydrogen-bond acceptors (Lipinski definition) is 6. The topological polar surface area (TPSA) is 91.8 Å². The van der Waals surface area contributed by atoms with Crippen LogP contribution in [0.3, 0.4) is 0 Å². The number of sulfone groups is 2. The zero-order valence-electron chi connectivity index (χ0n) is 22.8. The Morgan fingerprint density at radius 1 is 0.738 bits per heavy atom. The van der Waals surface area contributed by atoms with E-state index in [1.807, 2.05) is 18.2 Å². The predicted octanol–water partition coefficient (Wildman–Crippen LogP) is 5.04. The Labute approximate surface area is 253 Å². The van der Waals surface area contributed by atoms with Gasteiger partial charge >= 0.3 is 0 Å². The van der Waals surface area contributed by atoms with Crippen molar-refractivity contribution in [3.8, 4) is 11.1 Å². The molecule has 42 heavy (non-hydrogen) atoms. The van der Waals surface area contributed by atoms with Crippen LogP contribution >= 0.6 is 12.4 Å². The minimum Gasteiger partial charge on any atom is -0.336 e. The molecule has 1 amide bonds. The van der Waals surface area contributed by atoms with Crippen LogP contribution in [-0.2, 0) is 26.2 Å². The van der Waals surface area contributed by atoms with Crippen molar-refractivity contribution in [2.45, 2.75) is 21.6 Å². The second-order valence-corrected chi connectivity index (χ2v) is 14.6. The monoisotopic (exact) mass is 622 g/mol. The van der Waals surface area contributed by atoms with Crippen LogP contribution in [-0.4, -0.2) is 64.5 Å². The molecule has 0 bridgehead atoms. The first-order chi connectivity index (χ1) is 19.7. The summed E-state index contributed by atoms with van der Waals surface area (Å²) < 4.78 is 53.1. The van der Waals surface area contributed by atoms with Gasteiger partial charge in [-0.25, -0.2) is 16.8 Å². The molecule has 1 atom stereocenters. The fourth-order valence-corrected chi connectivity index (χ4v) is 10.1. The van der Waals surface area contributed by atoms with Gasteiger partial charge in [-0.3, -0.25) is 9.69 Å². The number of halogens is 1. The number of rotatable bonds is 6. The Kier molecular flexibility index (Phi) is 8.57. The second-order valence-electron chi connectivity index (χ2n) is 10.5. The third kappa shape index (κ3) is 5.74. The molecule has 1 fully saturated rings. The molecule has 2 aliphatic heterocycles. The predicted molar refractivity (Wildman–Crippen MR) is 165 cm³/mol. The van der Waals surface area contributed by atoms with Crippen molar-refractivity contribution in [1.82, 2.24) is 9.80 Å². The van der Waals surface area contributed by atoms with Crippen LogP contribution < -0.4 is 0 Å². The van der Waals surface area contributed by atoms with Gasteiger partial charge in [-0.05, 0) is 41.0 Å². The average molecular weight is 623 g/mol. The van der Waals surface area contributed by atoms with E-state index in [-0.39, 0.29) is 39.2 Å². The molecule has 218 valence electrons. The summed E-state index contributed by atoms with van der Waals surface area (Å²) in [4.78, 5) is 17.7. The molecule has 7 nitrogen and oxygen atoms in total. The Hall–Kier alpha value is -3.50. The van der Waals surface area contributed by atoms with E-state index in [4.69, 9.17) is 0 Å². The van der Waals surface area contributed by atoms with E-state index in [9.17, 15) is 21.6 Å². The molecule has 2 aliphatic rings. The Bertz CT molecular complexity index is 1790. The van der Waals surface area contributed by atoms with E-state index < -0.39 is 30.7 Å². The third-order valence-corrected chi connectivity index (χ3v) is 12.0. The highest BCUT2D eigenvalue weighted by Gasteiger charge is 2.45. The van der Waals surface area contributed by atoms with Crippen LogP contribution in [0.25, 0.3) is 11.1 Å². The van der Waals surface area contributed by atoms with Gasteiger partial charge in [-0.15, -0.1) is 12.4 Å². The van der Waals surface area contributed by atoms with Crippen molar-refractivity contribution >= 4 is 38.0 Å². The van der Waals surface area contributed by atoms with Crippen molar-refractivity contribution in [3.05, 3.63) is 120 Å². The molecule has 1 saturated heterocycles. The minimum atomic E-state index is -4.03. The molecule has 4 aromatic rings. The van der Waals surface area contributed by atoms with E-state index in [1.54, 1.807) is 29.2 Å². The van der Waals surface area contributed by atoms with E-state index in [1.165, 1.54) is 35.4 Å². The molecule has 0 N–H and O–H groups in total. The van der Waals surface area contributed by atoms with Gasteiger partial charge in [0.25, 0.3) is 5.91 Å². The normalized spacial score (nSPS) is 18.2. The molecular formula is C32H31ClN2O5S2. The SMILES string of the molecule is Cl.O=C(c1cccc2c1C(S(=O)(=O)c1ccccc1)CS2(=O)=O)N1CCN(Cc2ccc(-c3ccccc3)cc2)CC1. The molecule has 6 rings (SSSR count). The van der Waals surface area contributed by atoms with Crippen LogP contribution in [0.5, 0.6) is 0 Å². The lowest BCUT2D eigenvalue weighted by molar-refractivity contribution is 0.0627. The highest BCUT2D eigenvalue weighted by atomic mass is 35.5. The molecule has 0 saturated carbocycles. The van der Waals surface area contributed by atoms with Crippen molar-refractivity contribution in [2.75, 3.05) is 31.9 Å². The van der Waals surface area contributed by atoms with Gasteiger partial charge in [-0.2, -0.15) is 0 Å². The van der Waals surface area contributed by atoms with Gasteiger partial charge < -0.3 is 4.90 Å². The maximum absolute atomic E-state index is 13.7. The molecule has 2 heterocycles. The number of hydrogen-bond donors (Lipinski definition) is 0. The van der Waals surface area contributed by atoms with E-state index in [2.05, 4.69) is 41.3 Å². The van der Waals surface area contributed by atoms with Crippen LogP contribution in [0.15, 0.2) is 113 Å². The van der Waals surface area contributed by atoms with E-state index in [0.717, 1.165) is 12.1 Å². The highest BCUT2D eigenvalue weighted by molar-refractivity contribution is 7.96. The molecule has 0 spiro atoms. The lowest BCUT2D eigenvalue weighted by atomic mass is 10.0. The lowest BCUT2D eigenvalue weighted by Gasteiger charge is -2.35. The Balaban J connectivity index is 0.00000353. The zero-order valence-corrected chi connectivity index (χ0v) is 25.2. The van der Waals surface area contributed by atoms with E-state index in [0.29, 0.717) is 26.2 Å². The smallest absolute Gasteiger partial charge is 0.254 e. The van der Waals surface area contributed by atoms with Crippen molar-refractivity contribution < 1.29 is 21.6 Å². The molecule has 4 aromatic carbocycles. The first kappa shape index (κ1) is 30.0. The summed E-state index contributed by atoms with van der Waals surface area (Å²) in [5, 5.41) is -1.33. The van der Waals surface area contributed by atoms with Crippen LogP contribution in [0, 0.1) is 0 Å². The van der Waals surface area contributed by atoms with Gasteiger partial charge in [0.15, 0.2) is 19.7 Å². The summed E-state index contributed by atoms with van der Waals surface area (Å²) in [6.45, 7) is 3.00. The Morgan fingerprint density at radius 3 is 1.98 bits per heavy atom. The summed E-state index contributed by atoms with van der Waals surface area (Å²) in [5.41, 5.74) is 3.77. The summed E-state index contributed by atoms with van der Waals surface area (Å²) in [7, 11) is -7.89. The summed E-state index contributed by atoms with van der Waals surface area (Å²) in [6, 6.07) is 31.0. The molecular weight excluding hydrogens is 592 g/mol. The highest BCUT2D eigenvalue weighted by Crippen LogP contribution is 2.43. The molecule has 1 unspecified atom stereocenters. The summed E-state index contributed by atoms with van der Waals surface area (Å²) in [5.74, 6) is -0.903. The third-order valence-electron chi connectivity index (χ3n) is 7.90. The number of carbonyl (C=O) groups is 1. The lowest BCUT2D eigenvalue weighted by Crippen LogP contribution is -2.48.